The van der Waals surface area contributed by atoms with E-state index in [1.165, 1.54) is 4.31 Å². The van der Waals surface area contributed by atoms with Crippen molar-refractivity contribution < 1.29 is 8.42 Å². The van der Waals surface area contributed by atoms with E-state index in [9.17, 15) is 8.42 Å². The number of hydrogen-bond acceptors (Lipinski definition) is 2. The number of para-hydroxylation sites is 1. The van der Waals surface area contributed by atoms with Crippen LogP contribution in [0.5, 0.6) is 0 Å². The fourth-order valence-electron chi connectivity index (χ4n) is 3.62. The first kappa shape index (κ1) is 19.6. The van der Waals surface area contributed by atoms with E-state index < -0.39 is 10.0 Å². The Morgan fingerprint density at radius 3 is 2.10 bits per heavy atom. The van der Waals surface area contributed by atoms with Gasteiger partial charge in [0.25, 0.3) is 10.0 Å². The molecule has 4 rings (SSSR count). The molecule has 0 amide bonds. The first-order chi connectivity index (χ1) is 13.8. The quantitative estimate of drug-likeness (QED) is 0.404. The highest BCUT2D eigenvalue weighted by molar-refractivity contribution is 7.93. The molecule has 0 radical (unpaired) electrons. The molecule has 29 heavy (non-hydrogen) atoms. The Hall–Kier alpha value is -2.76. The van der Waals surface area contributed by atoms with Crippen LogP contribution in [0.25, 0.3) is 10.9 Å². The standard InChI is InChI=1S/C23H21ClN2O2S/c1-16-8-14-20(15-9-16)29(27,28)26(19-12-10-18(24)11-13-19)23-17(2)21-6-4-5-7-22(21)25(23)3/h4-15H,1-3H3. The van der Waals surface area contributed by atoms with Gasteiger partial charge in [0.2, 0.25) is 0 Å². The monoisotopic (exact) mass is 424 g/mol. The van der Waals surface area contributed by atoms with Crippen molar-refractivity contribution in [3.63, 3.8) is 0 Å². The number of anilines is 2. The van der Waals surface area contributed by atoms with Gasteiger partial charge in [-0.15, -0.1) is 0 Å². The third-order valence-corrected chi connectivity index (χ3v) is 7.12. The Morgan fingerprint density at radius 1 is 0.862 bits per heavy atom. The Balaban J connectivity index is 2.03. The molecule has 0 aliphatic carbocycles. The fourth-order valence-corrected chi connectivity index (χ4v) is 5.33. The van der Waals surface area contributed by atoms with Crippen molar-refractivity contribution in [2.24, 2.45) is 7.05 Å². The number of sulfonamides is 1. The lowest BCUT2D eigenvalue weighted by Gasteiger charge is -2.26. The Bertz CT molecular complexity index is 1250. The smallest absolute Gasteiger partial charge is 0.269 e. The zero-order chi connectivity index (χ0) is 20.8. The zero-order valence-corrected chi connectivity index (χ0v) is 18.0. The summed E-state index contributed by atoms with van der Waals surface area (Å²) in [6.45, 7) is 3.88. The first-order valence-electron chi connectivity index (χ1n) is 9.22. The number of aryl methyl sites for hydroxylation is 3. The maximum absolute atomic E-state index is 13.8. The maximum atomic E-state index is 13.8. The van der Waals surface area contributed by atoms with E-state index in [2.05, 4.69) is 0 Å². The molecule has 0 atom stereocenters. The second-order valence-electron chi connectivity index (χ2n) is 7.08. The molecule has 1 heterocycles. The predicted octanol–water partition coefficient (Wildman–Crippen LogP) is 5.98. The first-order valence-corrected chi connectivity index (χ1v) is 11.0. The molecule has 0 aliphatic heterocycles. The van der Waals surface area contributed by atoms with Crippen molar-refractivity contribution in [3.8, 4) is 0 Å². The number of hydrogen-bond donors (Lipinski definition) is 0. The number of aromatic nitrogens is 1. The Morgan fingerprint density at radius 2 is 1.48 bits per heavy atom. The highest BCUT2D eigenvalue weighted by Crippen LogP contribution is 2.39. The summed E-state index contributed by atoms with van der Waals surface area (Å²) in [5.74, 6) is 0.606. The van der Waals surface area contributed by atoms with Gasteiger partial charge < -0.3 is 4.57 Å². The lowest BCUT2D eigenvalue weighted by atomic mass is 10.2. The van der Waals surface area contributed by atoms with E-state index in [-0.39, 0.29) is 4.90 Å². The average Bonchev–Trinajstić information content (AvgIpc) is 2.95. The van der Waals surface area contributed by atoms with Crippen LogP contribution in [0.15, 0.2) is 77.7 Å². The van der Waals surface area contributed by atoms with Crippen molar-refractivity contribution in [2.75, 3.05) is 4.31 Å². The summed E-state index contributed by atoms with van der Waals surface area (Å²) in [7, 11) is -1.97. The average molecular weight is 425 g/mol. The minimum Gasteiger partial charge on any atom is -0.329 e. The van der Waals surface area contributed by atoms with Gasteiger partial charge in [-0.05, 0) is 56.3 Å². The summed E-state index contributed by atoms with van der Waals surface area (Å²) in [6.07, 6.45) is 0. The van der Waals surface area contributed by atoms with Crippen LogP contribution in [0.4, 0.5) is 11.5 Å². The molecule has 0 saturated carbocycles. The Labute approximate surface area is 176 Å². The fraction of sp³-hybridized carbons (Fsp3) is 0.130. The maximum Gasteiger partial charge on any atom is 0.269 e. The van der Waals surface area contributed by atoms with Crippen molar-refractivity contribution in [1.29, 1.82) is 0 Å². The van der Waals surface area contributed by atoms with Gasteiger partial charge in [0.15, 0.2) is 0 Å². The number of benzene rings is 3. The SMILES string of the molecule is Cc1ccc(S(=O)(=O)N(c2ccc(Cl)cc2)c2c(C)c3ccccc3n2C)cc1. The lowest BCUT2D eigenvalue weighted by Crippen LogP contribution is -2.28. The molecule has 4 nitrogen and oxygen atoms in total. The van der Waals surface area contributed by atoms with E-state index in [4.69, 9.17) is 11.6 Å². The molecule has 0 saturated heterocycles. The highest BCUT2D eigenvalue weighted by atomic mass is 35.5. The molecule has 0 bridgehead atoms. The molecule has 1 aromatic heterocycles. The summed E-state index contributed by atoms with van der Waals surface area (Å²) >= 11 is 6.06. The highest BCUT2D eigenvalue weighted by Gasteiger charge is 2.31. The largest absolute Gasteiger partial charge is 0.329 e. The summed E-state index contributed by atoms with van der Waals surface area (Å²) < 4.78 is 30.9. The van der Waals surface area contributed by atoms with Crippen LogP contribution in [0.3, 0.4) is 0 Å². The molecule has 4 aromatic rings. The number of nitrogens with zero attached hydrogens (tertiary/aromatic N) is 2. The van der Waals surface area contributed by atoms with E-state index in [0.29, 0.717) is 16.5 Å². The van der Waals surface area contributed by atoms with Crippen LogP contribution >= 0.6 is 11.6 Å². The normalized spacial score (nSPS) is 11.7. The molecule has 0 fully saturated rings. The predicted molar refractivity (Wildman–Crippen MR) is 120 cm³/mol. The number of halogens is 1. The van der Waals surface area contributed by atoms with E-state index >= 15 is 0 Å². The molecular weight excluding hydrogens is 404 g/mol. The zero-order valence-electron chi connectivity index (χ0n) is 16.4. The Kier molecular flexibility index (Phi) is 4.89. The number of fused-ring (bicyclic) bond motifs is 1. The molecule has 0 aliphatic rings. The third kappa shape index (κ3) is 3.30. The van der Waals surface area contributed by atoms with Gasteiger partial charge in [-0.2, -0.15) is 0 Å². The minimum absolute atomic E-state index is 0.239. The van der Waals surface area contributed by atoms with Crippen LogP contribution in [0, 0.1) is 13.8 Å². The van der Waals surface area contributed by atoms with Gasteiger partial charge >= 0.3 is 0 Å². The third-order valence-electron chi connectivity index (χ3n) is 5.14. The van der Waals surface area contributed by atoms with Gasteiger partial charge in [-0.1, -0.05) is 47.5 Å². The van der Waals surface area contributed by atoms with Gasteiger partial charge in [0, 0.05) is 28.5 Å². The molecular formula is C23H21ClN2O2S. The van der Waals surface area contributed by atoms with Crippen molar-refractivity contribution in [2.45, 2.75) is 18.7 Å². The minimum atomic E-state index is -3.86. The summed E-state index contributed by atoms with van der Waals surface area (Å²) in [5, 5.41) is 1.57. The van der Waals surface area contributed by atoms with Gasteiger partial charge in [-0.25, -0.2) is 12.7 Å². The van der Waals surface area contributed by atoms with Crippen molar-refractivity contribution in [3.05, 3.63) is 88.9 Å². The molecule has 3 aromatic carbocycles. The topological polar surface area (TPSA) is 42.3 Å². The summed E-state index contributed by atoms with van der Waals surface area (Å²) in [6, 6.07) is 21.7. The molecule has 148 valence electrons. The van der Waals surface area contributed by atoms with Gasteiger partial charge in [0.05, 0.1) is 10.6 Å². The molecule has 0 N–H and O–H groups in total. The number of rotatable bonds is 4. The second-order valence-corrected chi connectivity index (χ2v) is 9.31. The molecule has 0 spiro atoms. The van der Waals surface area contributed by atoms with Crippen molar-refractivity contribution >= 4 is 44.0 Å². The van der Waals surface area contributed by atoms with Gasteiger partial charge in [-0.3, -0.25) is 0 Å². The summed E-state index contributed by atoms with van der Waals surface area (Å²) in [5.41, 5.74) is 3.40. The molecule has 0 unspecified atom stereocenters. The van der Waals surface area contributed by atoms with Gasteiger partial charge in [0.1, 0.15) is 5.82 Å². The second kappa shape index (κ2) is 7.25. The van der Waals surface area contributed by atoms with E-state index in [0.717, 1.165) is 22.0 Å². The van der Waals surface area contributed by atoms with Crippen LogP contribution < -0.4 is 4.31 Å². The van der Waals surface area contributed by atoms with E-state index in [1.54, 1.807) is 48.5 Å². The van der Waals surface area contributed by atoms with Crippen LogP contribution in [0.1, 0.15) is 11.1 Å². The molecule has 6 heteroatoms. The van der Waals surface area contributed by atoms with Crippen LogP contribution in [-0.2, 0) is 17.1 Å². The van der Waals surface area contributed by atoms with Crippen LogP contribution in [0.2, 0.25) is 5.02 Å². The van der Waals surface area contributed by atoms with Crippen LogP contribution in [-0.4, -0.2) is 13.0 Å². The van der Waals surface area contributed by atoms with E-state index in [1.807, 2.05) is 49.7 Å². The van der Waals surface area contributed by atoms with Crippen molar-refractivity contribution in [1.82, 2.24) is 4.57 Å². The lowest BCUT2D eigenvalue weighted by molar-refractivity contribution is 0.595. The summed E-state index contributed by atoms with van der Waals surface area (Å²) in [4.78, 5) is 0.239.